The molecule has 2 aliphatic heterocycles. The molecule has 2 unspecified atom stereocenters. The average molecular weight is 958 g/mol. The van der Waals surface area contributed by atoms with Crippen molar-refractivity contribution in [3.8, 4) is 17.3 Å². The van der Waals surface area contributed by atoms with E-state index in [0.29, 0.717) is 91.6 Å². The van der Waals surface area contributed by atoms with E-state index < -0.39 is 58.6 Å². The molecule has 8 rings (SSSR count). The maximum absolute atomic E-state index is 14.9. The third-order valence-electron chi connectivity index (χ3n) is 14.0. The molecule has 3 saturated carbocycles. The molecule has 376 valence electrons. The van der Waals surface area contributed by atoms with Gasteiger partial charge in [-0.1, -0.05) is 34.1 Å². The lowest BCUT2D eigenvalue weighted by Crippen LogP contribution is -2.59. The lowest BCUT2D eigenvalue weighted by atomic mass is 9.85. The highest BCUT2D eigenvalue weighted by Crippen LogP contribution is 2.52. The summed E-state index contributed by atoms with van der Waals surface area (Å²) in [6.45, 7) is 20.5. The second-order valence-electron chi connectivity index (χ2n) is 22.0. The second kappa shape index (κ2) is 19.5. The van der Waals surface area contributed by atoms with E-state index in [2.05, 4.69) is 20.9 Å². The summed E-state index contributed by atoms with van der Waals surface area (Å²) in [5.41, 5.74) is -2.22. The summed E-state index contributed by atoms with van der Waals surface area (Å²) in [4.78, 5) is 78.2. The van der Waals surface area contributed by atoms with Gasteiger partial charge in [0.1, 0.15) is 59.4 Å². The van der Waals surface area contributed by atoms with Gasteiger partial charge < -0.3 is 49.8 Å². The van der Waals surface area contributed by atoms with Gasteiger partial charge >= 0.3 is 18.2 Å². The molecule has 5 aliphatic rings. The van der Waals surface area contributed by atoms with Crippen molar-refractivity contribution in [2.24, 2.45) is 23.2 Å². The Morgan fingerprint density at radius 3 is 2.29 bits per heavy atom. The van der Waals surface area contributed by atoms with Crippen molar-refractivity contribution < 1.29 is 48.0 Å². The van der Waals surface area contributed by atoms with Crippen LogP contribution in [0.1, 0.15) is 101 Å². The fourth-order valence-electron chi connectivity index (χ4n) is 10.1. The van der Waals surface area contributed by atoms with Crippen molar-refractivity contribution in [1.29, 1.82) is 0 Å². The largest absolute Gasteiger partial charge is 0.492 e. The number of hydrogen-bond acceptors (Lipinski definition) is 13. The summed E-state index contributed by atoms with van der Waals surface area (Å²) in [6.07, 6.45) is 3.58. The quantitative estimate of drug-likeness (QED) is 0.133. The smallest absolute Gasteiger partial charge is 0.410 e. The molecule has 69 heavy (non-hydrogen) atoms. The Morgan fingerprint density at radius 2 is 1.65 bits per heavy atom. The van der Waals surface area contributed by atoms with Crippen LogP contribution >= 0.6 is 0 Å². The first kappa shape index (κ1) is 49.6. The van der Waals surface area contributed by atoms with Crippen molar-refractivity contribution in [2.45, 2.75) is 142 Å². The van der Waals surface area contributed by atoms with E-state index >= 15 is 0 Å². The molecule has 19 heteroatoms. The molecule has 8 atom stereocenters. The van der Waals surface area contributed by atoms with Crippen LogP contribution in [0.4, 0.5) is 15.4 Å². The first-order valence-corrected chi connectivity index (χ1v) is 24.7. The van der Waals surface area contributed by atoms with E-state index in [1.165, 1.54) is 11.3 Å². The highest BCUT2D eigenvalue weighted by atomic mass is 16.6. The summed E-state index contributed by atoms with van der Waals surface area (Å²) in [5, 5.41) is 24.6. The van der Waals surface area contributed by atoms with Crippen molar-refractivity contribution >= 4 is 46.7 Å². The first-order valence-electron chi connectivity index (χ1n) is 24.7. The molecule has 0 bridgehead atoms. The molecule has 4 heterocycles. The number of hydrogen-bond donors (Lipinski definition) is 4. The number of carbonyl (C=O) groups is 5. The number of pyridine rings is 1. The van der Waals surface area contributed by atoms with E-state index in [1.807, 2.05) is 86.6 Å². The molecule has 3 aliphatic carbocycles. The lowest BCUT2D eigenvalue weighted by Gasteiger charge is -2.35. The summed E-state index contributed by atoms with van der Waals surface area (Å²) < 4.78 is 26.1. The number of fused-ring (bicyclic) bond motifs is 2. The molecular weight excluding hydrogens is 887 g/mol. The average Bonchev–Trinajstić information content (AvgIpc) is 3.94. The van der Waals surface area contributed by atoms with E-state index in [4.69, 9.17) is 29.0 Å². The number of carboxylic acids is 1. The van der Waals surface area contributed by atoms with Gasteiger partial charge in [0.05, 0.1) is 12.1 Å². The van der Waals surface area contributed by atoms with Crippen LogP contribution < -0.4 is 25.4 Å². The molecule has 1 aromatic carbocycles. The standard InChI is InChI=1S/C50H71N9O10/c1-10-32-27-50(32,45(62)63)54-43(60)38-25-35(28-58(38)44(61)42(48(4,5)6)53-46(64)68-34-22-30-21-31(30)23-34)67-39-26-41(59-14-13-40(55-59)51-29(2)3)52-37-24-33(11-12-36(37)39)66-20-19-56-15-17-57(18-16-56)47(65)69-49(7,8)9/h11-14,24,26,29-32,34-35,38,42H,10,15-23,25,27-28H2,1-9H3,(H,51,55)(H,53,64)(H,54,60)(H,62,63)/t30-,31?,32+,34?,35+,38-,42+,50+/m0/s1. The van der Waals surface area contributed by atoms with E-state index in [9.17, 15) is 29.1 Å². The molecule has 2 saturated heterocycles. The summed E-state index contributed by atoms with van der Waals surface area (Å²) in [7, 11) is 0. The van der Waals surface area contributed by atoms with Gasteiger partial charge in [0, 0.05) is 75.0 Å². The third kappa shape index (κ3) is 11.6. The Kier molecular flexibility index (Phi) is 14.0. The molecule has 4 N–H and O–H groups in total. The predicted octanol–water partition coefficient (Wildman–Crippen LogP) is 5.83. The molecule has 2 aromatic heterocycles. The fraction of sp³-hybridized carbons (Fsp3) is 0.660. The summed E-state index contributed by atoms with van der Waals surface area (Å²) in [6, 6.07) is 7.11. The minimum Gasteiger partial charge on any atom is -0.492 e. The second-order valence-corrected chi connectivity index (χ2v) is 22.0. The van der Waals surface area contributed by atoms with Gasteiger partial charge in [0.25, 0.3) is 0 Å². The van der Waals surface area contributed by atoms with Gasteiger partial charge in [-0.05, 0) is 95.6 Å². The van der Waals surface area contributed by atoms with E-state index in [-0.39, 0.29) is 43.5 Å². The first-order chi connectivity index (χ1) is 32.6. The van der Waals surface area contributed by atoms with Crippen LogP contribution in [-0.4, -0.2) is 152 Å². The fourth-order valence-corrected chi connectivity index (χ4v) is 10.1. The summed E-state index contributed by atoms with van der Waals surface area (Å²) in [5.74, 6) is 0.857. The molecule has 4 amide bonds. The number of alkyl carbamates (subject to hydrolysis) is 1. The number of nitrogens with one attached hydrogen (secondary N) is 3. The number of ether oxygens (including phenoxy) is 4. The minimum atomic E-state index is -1.42. The normalized spacial score (nSPS) is 26.0. The Labute approximate surface area is 404 Å². The monoisotopic (exact) mass is 958 g/mol. The Bertz CT molecular complexity index is 2390. The lowest BCUT2D eigenvalue weighted by molar-refractivity contribution is -0.146. The van der Waals surface area contributed by atoms with Crippen LogP contribution in [0.15, 0.2) is 36.5 Å². The van der Waals surface area contributed by atoms with Gasteiger partial charge in [-0.2, -0.15) is 0 Å². The van der Waals surface area contributed by atoms with E-state index in [1.54, 1.807) is 21.8 Å². The number of nitrogens with zero attached hydrogens (tertiary/aromatic N) is 6. The number of amides is 4. The molecule has 0 spiro atoms. The molecule has 3 aromatic rings. The summed E-state index contributed by atoms with van der Waals surface area (Å²) >= 11 is 0. The van der Waals surface area contributed by atoms with Crippen LogP contribution in [0.3, 0.4) is 0 Å². The molecule has 0 radical (unpaired) electrons. The highest BCUT2D eigenvalue weighted by molar-refractivity contribution is 5.96. The number of benzene rings is 1. The molecule has 19 nitrogen and oxygen atoms in total. The van der Waals surface area contributed by atoms with Crippen LogP contribution in [0.2, 0.25) is 0 Å². The number of carboxylic acid groups (broad SMARTS) is 1. The minimum absolute atomic E-state index is 0.0277. The number of likely N-dealkylation sites (tertiary alicyclic amines) is 1. The van der Waals surface area contributed by atoms with Crippen molar-refractivity contribution in [1.82, 2.24) is 40.1 Å². The third-order valence-corrected chi connectivity index (χ3v) is 14.0. The van der Waals surface area contributed by atoms with Crippen molar-refractivity contribution in [2.75, 3.05) is 51.2 Å². The zero-order valence-electron chi connectivity index (χ0n) is 41.6. The maximum atomic E-state index is 14.9. The number of piperazine rings is 1. The number of aromatic nitrogens is 3. The topological polar surface area (TPSA) is 219 Å². The van der Waals surface area contributed by atoms with Crippen molar-refractivity contribution in [3.63, 3.8) is 0 Å². The molecule has 5 fully saturated rings. The highest BCUT2D eigenvalue weighted by Gasteiger charge is 2.61. The van der Waals surface area contributed by atoms with Gasteiger partial charge in [-0.15, -0.1) is 5.10 Å². The van der Waals surface area contributed by atoms with Crippen molar-refractivity contribution in [3.05, 3.63) is 36.5 Å². The van der Waals surface area contributed by atoms with Crippen LogP contribution in [0.25, 0.3) is 16.7 Å². The van der Waals surface area contributed by atoms with Gasteiger partial charge in [0.15, 0.2) is 5.82 Å². The zero-order chi connectivity index (χ0) is 49.6. The number of anilines is 1. The zero-order valence-corrected chi connectivity index (χ0v) is 41.6. The predicted molar refractivity (Wildman–Crippen MR) is 256 cm³/mol. The van der Waals surface area contributed by atoms with E-state index in [0.717, 1.165) is 12.8 Å². The van der Waals surface area contributed by atoms with Gasteiger partial charge in [-0.25, -0.2) is 24.0 Å². The van der Waals surface area contributed by atoms with Crippen LogP contribution in [0, 0.1) is 23.2 Å². The number of aliphatic carboxylic acids is 1. The van der Waals surface area contributed by atoms with Gasteiger partial charge in [-0.3, -0.25) is 14.5 Å². The number of rotatable bonds is 16. The van der Waals surface area contributed by atoms with Gasteiger partial charge in [0.2, 0.25) is 11.8 Å². The van der Waals surface area contributed by atoms with Crippen LogP contribution in [-0.2, 0) is 23.9 Å². The Morgan fingerprint density at radius 1 is 0.928 bits per heavy atom. The maximum Gasteiger partial charge on any atom is 0.410 e. The SMILES string of the molecule is CC[C@@H]1C[C@]1(NC(=O)[C@@H]1C[C@@H](Oc2cc(-n3ccc(NC(C)C)n3)nc3cc(OCCN4CCN(C(=O)OC(C)(C)C)CC4)ccc23)CN1C(=O)[C@@H](NC(=O)OC1CC2C[C@H]2C1)C(C)(C)C)C(=O)O. The van der Waals surface area contributed by atoms with Crippen LogP contribution in [0.5, 0.6) is 11.5 Å². The Balaban J connectivity index is 1.03. The number of carbonyl (C=O) groups excluding carboxylic acids is 4. The molecular formula is C50H71N9O10. The Hall–Kier alpha value is -5.85.